The first-order valence-electron chi connectivity index (χ1n) is 24.0. The van der Waals surface area contributed by atoms with E-state index in [1.165, 1.54) is 135 Å². The van der Waals surface area contributed by atoms with E-state index in [4.69, 9.17) is 18.9 Å². The highest BCUT2D eigenvalue weighted by Crippen LogP contribution is 2.15. The summed E-state index contributed by atoms with van der Waals surface area (Å²) in [6.45, 7) is 4.87. The average Bonchev–Trinajstić information content (AvgIpc) is 3.18. The van der Waals surface area contributed by atoms with E-state index in [1.54, 1.807) is 0 Å². The number of rotatable bonds is 44. The van der Waals surface area contributed by atoms with E-state index >= 15 is 0 Å². The number of likely N-dealkylation sites (N-methyl/N-ethyl adjacent to an activating group) is 1. The number of carboxylic acids is 1. The Kier molecular flexibility index (Phi) is 39.9. The van der Waals surface area contributed by atoms with Crippen LogP contribution < -0.4 is 0 Å². The first-order valence-corrected chi connectivity index (χ1v) is 24.0. The second-order valence-electron chi connectivity index (χ2n) is 17.4. The van der Waals surface area contributed by atoms with Gasteiger partial charge in [0.05, 0.1) is 34.4 Å². The van der Waals surface area contributed by atoms with Crippen molar-refractivity contribution < 1.29 is 42.9 Å². The van der Waals surface area contributed by atoms with Crippen molar-refractivity contribution in [3.05, 3.63) is 24.3 Å². The van der Waals surface area contributed by atoms with Crippen molar-refractivity contribution in [1.29, 1.82) is 0 Å². The zero-order valence-electron chi connectivity index (χ0n) is 38.5. The first-order chi connectivity index (χ1) is 28.1. The highest BCUT2D eigenvalue weighted by atomic mass is 16.7. The van der Waals surface area contributed by atoms with E-state index in [0.717, 1.165) is 51.4 Å². The number of hydrogen-bond acceptors (Lipinski definition) is 7. The molecular weight excluding hydrogens is 731 g/mol. The lowest BCUT2D eigenvalue weighted by atomic mass is 10.0. The molecule has 0 amide bonds. The number of carbonyl (C=O) groups is 3. The van der Waals surface area contributed by atoms with Crippen LogP contribution in [0.4, 0.5) is 0 Å². The number of carboxylic acid groups (broad SMARTS) is 1. The van der Waals surface area contributed by atoms with Gasteiger partial charge in [0.2, 0.25) is 0 Å². The molecule has 0 aliphatic carbocycles. The number of unbranched alkanes of at least 4 members (excludes halogenated alkanes) is 25. The van der Waals surface area contributed by atoms with Crippen LogP contribution in [0.3, 0.4) is 0 Å². The molecule has 9 nitrogen and oxygen atoms in total. The van der Waals surface area contributed by atoms with Gasteiger partial charge in [-0.3, -0.25) is 9.59 Å². The molecule has 0 rings (SSSR count). The van der Waals surface area contributed by atoms with E-state index in [9.17, 15) is 19.5 Å². The van der Waals surface area contributed by atoms with E-state index in [0.29, 0.717) is 17.4 Å². The van der Waals surface area contributed by atoms with Crippen molar-refractivity contribution in [2.45, 2.75) is 225 Å². The summed E-state index contributed by atoms with van der Waals surface area (Å²) >= 11 is 0. The summed E-state index contributed by atoms with van der Waals surface area (Å²) in [4.78, 5) is 37.1. The fourth-order valence-electron chi connectivity index (χ4n) is 6.69. The van der Waals surface area contributed by atoms with Gasteiger partial charge in [0.25, 0.3) is 6.29 Å². The zero-order valence-corrected chi connectivity index (χ0v) is 38.5. The number of aliphatic carboxylic acids is 1. The summed E-state index contributed by atoms with van der Waals surface area (Å²) in [6.07, 6.45) is 42.3. The molecule has 0 aromatic heterocycles. The van der Waals surface area contributed by atoms with E-state index in [1.807, 2.05) is 21.1 Å². The highest BCUT2D eigenvalue weighted by Gasteiger charge is 2.25. The van der Waals surface area contributed by atoms with Crippen molar-refractivity contribution >= 4 is 17.9 Å². The lowest BCUT2D eigenvalue weighted by molar-refractivity contribution is -0.870. The molecule has 0 aromatic carbocycles. The molecule has 0 spiro atoms. The number of carbonyl (C=O) groups excluding carboxylic acids is 2. The Morgan fingerprint density at radius 3 is 1.36 bits per heavy atom. The lowest BCUT2D eigenvalue weighted by Gasteiger charge is -2.25. The van der Waals surface area contributed by atoms with Crippen molar-refractivity contribution in [1.82, 2.24) is 0 Å². The molecule has 0 saturated carbocycles. The van der Waals surface area contributed by atoms with Gasteiger partial charge in [0.15, 0.2) is 6.10 Å². The van der Waals surface area contributed by atoms with Gasteiger partial charge in [-0.15, -0.1) is 0 Å². The van der Waals surface area contributed by atoms with Crippen LogP contribution in [0.25, 0.3) is 0 Å². The Morgan fingerprint density at radius 2 is 0.931 bits per heavy atom. The fourth-order valence-corrected chi connectivity index (χ4v) is 6.69. The van der Waals surface area contributed by atoms with Crippen LogP contribution in [0.15, 0.2) is 24.3 Å². The molecule has 0 bridgehead atoms. The monoisotopic (exact) mass is 823 g/mol. The van der Waals surface area contributed by atoms with Crippen molar-refractivity contribution in [3.8, 4) is 0 Å². The van der Waals surface area contributed by atoms with E-state index in [2.05, 4.69) is 38.2 Å². The van der Waals surface area contributed by atoms with Gasteiger partial charge in [-0.25, -0.2) is 4.79 Å². The van der Waals surface area contributed by atoms with E-state index < -0.39 is 24.3 Å². The Morgan fingerprint density at radius 1 is 0.517 bits per heavy atom. The van der Waals surface area contributed by atoms with Crippen LogP contribution in [0.1, 0.15) is 213 Å². The predicted octanol–water partition coefficient (Wildman–Crippen LogP) is 12.8. The minimum Gasteiger partial charge on any atom is -0.477 e. The summed E-state index contributed by atoms with van der Waals surface area (Å²) in [5, 5.41) is 9.64. The molecule has 340 valence electrons. The van der Waals surface area contributed by atoms with Crippen LogP contribution in [0.2, 0.25) is 0 Å². The van der Waals surface area contributed by atoms with Crippen LogP contribution in [0.5, 0.6) is 0 Å². The molecule has 0 fully saturated rings. The number of nitrogens with zero attached hydrogens (tertiary/aromatic N) is 1. The second kappa shape index (κ2) is 41.5. The van der Waals surface area contributed by atoms with Gasteiger partial charge in [-0.05, 0) is 44.9 Å². The molecule has 9 heteroatoms. The number of ether oxygens (including phenoxy) is 4. The van der Waals surface area contributed by atoms with Gasteiger partial charge in [-0.1, -0.05) is 179 Å². The quantitative estimate of drug-likeness (QED) is 0.0213. The number of allylic oxidation sites excluding steroid dienone is 4. The minimum absolute atomic E-state index is 0.180. The molecule has 0 radical (unpaired) electrons. The van der Waals surface area contributed by atoms with Gasteiger partial charge >= 0.3 is 17.9 Å². The molecule has 1 N–H and O–H groups in total. The summed E-state index contributed by atoms with van der Waals surface area (Å²) < 4.78 is 22.8. The van der Waals surface area contributed by atoms with Crippen LogP contribution in [-0.2, 0) is 33.3 Å². The fraction of sp³-hybridized carbons (Fsp3) is 0.857. The SMILES string of the molecule is CCCCCCC/C=C\C/C=C\CCCCCCCCCCCC(=O)OC(COC(=O)CCCCCCCCCCCCCC)COC(OCC[N+](C)(C)C)C(=O)O. The van der Waals surface area contributed by atoms with E-state index in [-0.39, 0.29) is 32.2 Å². The summed E-state index contributed by atoms with van der Waals surface area (Å²) in [5.41, 5.74) is 0. The third-order valence-corrected chi connectivity index (χ3v) is 10.5. The molecule has 0 aliphatic rings. The maximum absolute atomic E-state index is 12.8. The van der Waals surface area contributed by atoms with Crippen LogP contribution >= 0.6 is 0 Å². The van der Waals surface area contributed by atoms with Crippen molar-refractivity contribution in [3.63, 3.8) is 0 Å². The highest BCUT2D eigenvalue weighted by molar-refractivity contribution is 5.71. The molecular formula is C49H92NO8+. The van der Waals surface area contributed by atoms with Gasteiger partial charge in [0.1, 0.15) is 13.2 Å². The largest absolute Gasteiger partial charge is 0.477 e. The van der Waals surface area contributed by atoms with Crippen LogP contribution in [-0.4, -0.2) is 87.4 Å². The Hall–Kier alpha value is -2.23. The average molecular weight is 823 g/mol. The molecule has 0 aromatic rings. The van der Waals surface area contributed by atoms with Crippen molar-refractivity contribution in [2.24, 2.45) is 0 Å². The van der Waals surface area contributed by atoms with Gasteiger partial charge in [0, 0.05) is 12.8 Å². The zero-order chi connectivity index (χ0) is 42.8. The Bertz CT molecular complexity index is 1010. The number of esters is 2. The Balaban J connectivity index is 4.35. The number of hydrogen-bond donors (Lipinski definition) is 1. The molecule has 58 heavy (non-hydrogen) atoms. The van der Waals surface area contributed by atoms with Crippen molar-refractivity contribution in [2.75, 3.05) is 47.5 Å². The normalized spacial score (nSPS) is 13.1. The maximum atomic E-state index is 12.8. The lowest BCUT2D eigenvalue weighted by Crippen LogP contribution is -2.40. The third-order valence-electron chi connectivity index (χ3n) is 10.5. The minimum atomic E-state index is -1.51. The third kappa shape index (κ3) is 41.9. The Labute approximate surface area is 357 Å². The molecule has 0 saturated heterocycles. The summed E-state index contributed by atoms with van der Waals surface area (Å²) in [7, 11) is 5.96. The molecule has 2 atom stereocenters. The molecule has 0 aliphatic heterocycles. The molecule has 0 heterocycles. The first kappa shape index (κ1) is 55.8. The standard InChI is InChI=1S/C49H91NO8/c1-6-8-10-12-14-16-18-20-21-22-23-24-25-26-27-28-30-32-34-36-38-40-47(52)58-45(44-57-49(48(53)54)55-42-41-50(3,4)5)43-56-46(51)39-37-35-33-31-29-19-17-15-13-11-9-7-2/h18,20,22-23,45,49H,6-17,19,21,24-44H2,1-5H3/p+1/b20-18-,23-22-. The summed E-state index contributed by atoms with van der Waals surface area (Å²) in [5.74, 6) is -2.00. The maximum Gasteiger partial charge on any atom is 0.361 e. The second-order valence-corrected chi connectivity index (χ2v) is 17.4. The topological polar surface area (TPSA) is 108 Å². The summed E-state index contributed by atoms with van der Waals surface area (Å²) in [6, 6.07) is 0. The van der Waals surface area contributed by atoms with Gasteiger partial charge < -0.3 is 28.5 Å². The smallest absolute Gasteiger partial charge is 0.361 e. The van der Waals surface area contributed by atoms with Gasteiger partial charge in [-0.2, -0.15) is 0 Å². The molecule has 2 unspecified atom stereocenters. The predicted molar refractivity (Wildman–Crippen MR) is 240 cm³/mol. The van der Waals surface area contributed by atoms with Crippen LogP contribution in [0, 0.1) is 0 Å². The number of quaternary nitrogens is 1.